The van der Waals surface area contributed by atoms with Crippen molar-refractivity contribution in [2.24, 2.45) is 5.92 Å². The summed E-state index contributed by atoms with van der Waals surface area (Å²) in [6.07, 6.45) is 5.94. The summed E-state index contributed by atoms with van der Waals surface area (Å²) < 4.78 is 23.2. The summed E-state index contributed by atoms with van der Waals surface area (Å²) in [5, 5.41) is 2.99. The van der Waals surface area contributed by atoms with Crippen LogP contribution in [0.25, 0.3) is 0 Å². The van der Waals surface area contributed by atoms with E-state index < -0.39 is 9.84 Å². The van der Waals surface area contributed by atoms with E-state index in [1.807, 2.05) is 6.92 Å². The van der Waals surface area contributed by atoms with Crippen molar-refractivity contribution in [1.29, 1.82) is 0 Å². The van der Waals surface area contributed by atoms with Crippen LogP contribution in [0.2, 0.25) is 0 Å². The Morgan fingerprint density at radius 2 is 1.93 bits per heavy atom. The van der Waals surface area contributed by atoms with E-state index in [2.05, 4.69) is 5.32 Å². The fourth-order valence-corrected chi connectivity index (χ4v) is 3.68. The van der Waals surface area contributed by atoms with Gasteiger partial charge in [-0.15, -0.1) is 0 Å². The van der Waals surface area contributed by atoms with E-state index in [-0.39, 0.29) is 5.25 Å². The Morgan fingerprint density at radius 3 is 2.36 bits per heavy atom. The van der Waals surface area contributed by atoms with Gasteiger partial charge in [-0.1, -0.05) is 19.8 Å². The van der Waals surface area contributed by atoms with Gasteiger partial charge in [0.15, 0.2) is 9.84 Å². The average molecular weight is 219 g/mol. The zero-order valence-electron chi connectivity index (χ0n) is 9.12. The quantitative estimate of drug-likeness (QED) is 0.756. The summed E-state index contributed by atoms with van der Waals surface area (Å²) in [5.41, 5.74) is 0. The van der Waals surface area contributed by atoms with Crippen molar-refractivity contribution in [1.82, 2.24) is 5.32 Å². The van der Waals surface area contributed by atoms with Crippen LogP contribution in [0.1, 0.15) is 32.6 Å². The molecule has 1 unspecified atom stereocenters. The number of hydrogen-bond donors (Lipinski definition) is 1. The van der Waals surface area contributed by atoms with Gasteiger partial charge in [0, 0.05) is 12.8 Å². The van der Waals surface area contributed by atoms with Crippen molar-refractivity contribution in [3.05, 3.63) is 0 Å². The van der Waals surface area contributed by atoms with Crippen molar-refractivity contribution < 1.29 is 8.42 Å². The monoisotopic (exact) mass is 219 g/mol. The van der Waals surface area contributed by atoms with Gasteiger partial charge in [-0.05, 0) is 25.3 Å². The lowest BCUT2D eigenvalue weighted by Gasteiger charge is -2.21. The molecule has 4 heteroatoms. The van der Waals surface area contributed by atoms with E-state index in [1.165, 1.54) is 19.1 Å². The molecule has 1 saturated carbocycles. The summed E-state index contributed by atoms with van der Waals surface area (Å²) in [7, 11) is -2.88. The van der Waals surface area contributed by atoms with E-state index in [4.69, 9.17) is 0 Å². The Kier molecular flexibility index (Phi) is 4.38. The molecule has 0 radical (unpaired) electrons. The van der Waals surface area contributed by atoms with Crippen molar-refractivity contribution >= 4 is 9.84 Å². The number of hydrogen-bond acceptors (Lipinski definition) is 3. The third kappa shape index (κ3) is 3.24. The molecule has 1 N–H and O–H groups in total. The Balaban J connectivity index is 2.61. The summed E-state index contributed by atoms with van der Waals surface area (Å²) in [6, 6.07) is 0. The average Bonchev–Trinajstić information content (AvgIpc) is 2.55. The molecule has 1 aliphatic carbocycles. The maximum Gasteiger partial charge on any atom is 0.151 e. The number of nitrogens with one attached hydrogen (secondary N) is 1. The third-order valence-electron chi connectivity index (χ3n) is 3.07. The van der Waals surface area contributed by atoms with Crippen LogP contribution < -0.4 is 5.32 Å². The topological polar surface area (TPSA) is 46.2 Å². The van der Waals surface area contributed by atoms with E-state index in [0.29, 0.717) is 12.5 Å². The zero-order chi connectivity index (χ0) is 10.6. The Hall–Kier alpha value is -0.0900. The van der Waals surface area contributed by atoms with Gasteiger partial charge < -0.3 is 5.32 Å². The normalized spacial score (nSPS) is 21.3. The van der Waals surface area contributed by atoms with Gasteiger partial charge in [-0.3, -0.25) is 0 Å². The molecule has 1 fully saturated rings. The molecule has 0 amide bonds. The Bertz CT molecular complexity index is 255. The molecule has 0 aliphatic heterocycles. The second kappa shape index (κ2) is 5.12. The first-order chi connectivity index (χ1) is 6.55. The largest absolute Gasteiger partial charge is 0.316 e. The first kappa shape index (κ1) is 12.0. The number of sulfone groups is 1. The summed E-state index contributed by atoms with van der Waals surface area (Å²) in [5.74, 6) is 0.393. The van der Waals surface area contributed by atoms with Crippen LogP contribution in [-0.4, -0.2) is 33.0 Å². The van der Waals surface area contributed by atoms with Gasteiger partial charge in [-0.25, -0.2) is 8.42 Å². The lowest BCUT2D eigenvalue weighted by atomic mass is 10.0. The molecule has 1 rings (SSSR count). The number of rotatable bonds is 5. The molecule has 0 aromatic heterocycles. The van der Waals surface area contributed by atoms with Crippen molar-refractivity contribution in [3.63, 3.8) is 0 Å². The fourth-order valence-electron chi connectivity index (χ4n) is 2.28. The van der Waals surface area contributed by atoms with Crippen LogP contribution >= 0.6 is 0 Å². The van der Waals surface area contributed by atoms with E-state index in [9.17, 15) is 8.42 Å². The van der Waals surface area contributed by atoms with Crippen LogP contribution in [0.15, 0.2) is 0 Å². The van der Waals surface area contributed by atoms with E-state index >= 15 is 0 Å². The highest BCUT2D eigenvalue weighted by Crippen LogP contribution is 2.30. The maximum atomic E-state index is 11.6. The van der Waals surface area contributed by atoms with Gasteiger partial charge in [0.1, 0.15) is 0 Å². The zero-order valence-corrected chi connectivity index (χ0v) is 9.94. The van der Waals surface area contributed by atoms with Crippen molar-refractivity contribution in [3.8, 4) is 0 Å². The lowest BCUT2D eigenvalue weighted by molar-refractivity contribution is 0.467. The second-order valence-electron chi connectivity index (χ2n) is 4.22. The van der Waals surface area contributed by atoms with Crippen LogP contribution in [0, 0.1) is 5.92 Å². The van der Waals surface area contributed by atoms with Crippen LogP contribution in [-0.2, 0) is 9.84 Å². The van der Waals surface area contributed by atoms with Crippen LogP contribution in [0.5, 0.6) is 0 Å². The molecule has 0 aromatic rings. The Labute approximate surface area is 87.2 Å². The molecule has 0 aromatic carbocycles. The van der Waals surface area contributed by atoms with Crippen molar-refractivity contribution in [2.45, 2.75) is 37.9 Å². The van der Waals surface area contributed by atoms with Crippen LogP contribution in [0.3, 0.4) is 0 Å². The minimum atomic E-state index is -2.88. The van der Waals surface area contributed by atoms with Gasteiger partial charge in [0.05, 0.1) is 5.25 Å². The van der Waals surface area contributed by atoms with Gasteiger partial charge >= 0.3 is 0 Å². The molecule has 0 heterocycles. The Morgan fingerprint density at radius 1 is 1.36 bits per heavy atom. The lowest BCUT2D eigenvalue weighted by Crippen LogP contribution is -2.37. The van der Waals surface area contributed by atoms with Gasteiger partial charge in [0.25, 0.3) is 0 Å². The molecule has 1 aliphatic rings. The highest BCUT2D eigenvalue weighted by atomic mass is 32.2. The smallest absolute Gasteiger partial charge is 0.151 e. The standard InChI is InChI=1S/C10H21NO2S/c1-3-11-8-10(14(2,12)13)9-6-4-5-7-9/h9-11H,3-8H2,1-2H3. The minimum Gasteiger partial charge on any atom is -0.316 e. The molecule has 84 valence electrons. The minimum absolute atomic E-state index is 0.162. The molecular weight excluding hydrogens is 198 g/mol. The highest BCUT2D eigenvalue weighted by Gasteiger charge is 2.31. The predicted molar refractivity (Wildman–Crippen MR) is 59.1 cm³/mol. The van der Waals surface area contributed by atoms with Crippen molar-refractivity contribution in [2.75, 3.05) is 19.3 Å². The van der Waals surface area contributed by atoms with E-state index in [1.54, 1.807) is 0 Å². The maximum absolute atomic E-state index is 11.6. The second-order valence-corrected chi connectivity index (χ2v) is 6.48. The summed E-state index contributed by atoms with van der Waals surface area (Å²) in [6.45, 7) is 3.48. The SMILES string of the molecule is CCNCC(C1CCCC1)S(C)(=O)=O. The first-order valence-electron chi connectivity index (χ1n) is 5.45. The fraction of sp³-hybridized carbons (Fsp3) is 1.00. The van der Waals surface area contributed by atoms with E-state index in [0.717, 1.165) is 19.4 Å². The molecule has 0 spiro atoms. The first-order valence-corrected chi connectivity index (χ1v) is 7.40. The third-order valence-corrected chi connectivity index (χ3v) is 4.72. The van der Waals surface area contributed by atoms with Gasteiger partial charge in [-0.2, -0.15) is 0 Å². The summed E-state index contributed by atoms with van der Waals surface area (Å²) in [4.78, 5) is 0. The molecule has 0 bridgehead atoms. The highest BCUT2D eigenvalue weighted by molar-refractivity contribution is 7.91. The molecule has 3 nitrogen and oxygen atoms in total. The molecular formula is C10H21NO2S. The molecule has 1 atom stereocenters. The molecule has 0 saturated heterocycles. The molecule has 14 heavy (non-hydrogen) atoms. The van der Waals surface area contributed by atoms with Gasteiger partial charge in [0.2, 0.25) is 0 Å². The summed E-state index contributed by atoms with van der Waals surface area (Å²) >= 11 is 0. The predicted octanol–water partition coefficient (Wildman–Crippen LogP) is 1.20. The van der Waals surface area contributed by atoms with Crippen LogP contribution in [0.4, 0.5) is 0 Å².